The van der Waals surface area contributed by atoms with Crippen molar-refractivity contribution in [3.63, 3.8) is 0 Å². The Hall–Kier alpha value is -4.40. The number of amidine groups is 1. The van der Waals surface area contributed by atoms with Crippen LogP contribution >= 0.6 is 11.6 Å². The molecule has 0 saturated heterocycles. The van der Waals surface area contributed by atoms with Crippen molar-refractivity contribution >= 4 is 50.4 Å². The molecular formula is C30H27ClN4O3S. The normalized spacial score (nSPS) is 12.4. The van der Waals surface area contributed by atoms with Gasteiger partial charge in [-0.3, -0.25) is 4.79 Å². The number of aryl methyl sites for hydroxylation is 2. The summed E-state index contributed by atoms with van der Waals surface area (Å²) in [6.45, 7) is 3.86. The first-order valence-electron chi connectivity index (χ1n) is 12.0. The van der Waals surface area contributed by atoms with Crippen molar-refractivity contribution in [2.24, 2.45) is 10.1 Å². The largest absolute Gasteiger partial charge is 0.397 e. The molecule has 0 atom stereocenters. The van der Waals surface area contributed by atoms with E-state index in [0.29, 0.717) is 22.0 Å². The molecule has 0 radical (unpaired) electrons. The molecule has 4 aromatic rings. The van der Waals surface area contributed by atoms with E-state index in [1.807, 2.05) is 44.2 Å². The number of benzene rings is 4. The Kier molecular flexibility index (Phi) is 8.49. The predicted octanol–water partition coefficient (Wildman–Crippen LogP) is 6.16. The number of amides is 1. The lowest BCUT2D eigenvalue weighted by Gasteiger charge is -2.17. The maximum atomic E-state index is 13.8. The number of hydrogen-bond acceptors (Lipinski definition) is 4. The number of halogens is 1. The van der Waals surface area contributed by atoms with Gasteiger partial charge in [0.2, 0.25) is 0 Å². The Labute approximate surface area is 233 Å². The first-order valence-corrected chi connectivity index (χ1v) is 13.8. The van der Waals surface area contributed by atoms with Gasteiger partial charge in [0.05, 0.1) is 10.6 Å². The topological polar surface area (TPSA) is 114 Å². The minimum Gasteiger partial charge on any atom is -0.397 e. The van der Waals surface area contributed by atoms with Gasteiger partial charge in [-0.25, -0.2) is 0 Å². The monoisotopic (exact) mass is 558 g/mol. The number of nitrogens with zero attached hydrogens (tertiary/aromatic N) is 1. The molecule has 9 heteroatoms. The highest BCUT2D eigenvalue weighted by atomic mass is 35.5. The lowest BCUT2D eigenvalue weighted by Crippen LogP contribution is -2.29. The Morgan fingerprint density at radius 2 is 1.28 bits per heavy atom. The molecule has 0 saturated carbocycles. The Balaban J connectivity index is 1.91. The molecule has 4 N–H and O–H groups in total. The molecule has 1 amide bonds. The number of rotatable bonds is 7. The van der Waals surface area contributed by atoms with Gasteiger partial charge in [0.25, 0.3) is 15.9 Å². The summed E-state index contributed by atoms with van der Waals surface area (Å²) in [6, 6.07) is 28.8. The zero-order chi connectivity index (χ0) is 28.0. The zero-order valence-electron chi connectivity index (χ0n) is 21.4. The van der Waals surface area contributed by atoms with Crippen LogP contribution in [-0.2, 0) is 14.8 Å². The number of hydrogen-bond donors (Lipinski definition) is 3. The van der Waals surface area contributed by atoms with Crippen LogP contribution in [0.4, 0.5) is 11.4 Å². The van der Waals surface area contributed by atoms with Crippen LogP contribution in [-0.4, -0.2) is 20.2 Å². The maximum absolute atomic E-state index is 13.8. The van der Waals surface area contributed by atoms with Crippen molar-refractivity contribution in [3.05, 3.63) is 130 Å². The molecule has 0 aliphatic rings. The summed E-state index contributed by atoms with van der Waals surface area (Å²) in [5, 5.41) is 6.20. The van der Waals surface area contributed by atoms with Crippen molar-refractivity contribution in [3.8, 4) is 0 Å². The number of nitrogens with two attached hydrogens (primary N) is 1. The summed E-state index contributed by atoms with van der Waals surface area (Å²) < 4.78 is 30.9. The smallest absolute Gasteiger partial charge is 0.284 e. The molecule has 39 heavy (non-hydrogen) atoms. The van der Waals surface area contributed by atoms with Crippen molar-refractivity contribution in [2.75, 3.05) is 10.6 Å². The number of sulfonamides is 1. The van der Waals surface area contributed by atoms with Gasteiger partial charge in [-0.1, -0.05) is 77.3 Å². The summed E-state index contributed by atoms with van der Waals surface area (Å²) >= 11 is 5.95. The summed E-state index contributed by atoms with van der Waals surface area (Å²) in [4.78, 5) is 13.7. The van der Waals surface area contributed by atoms with E-state index >= 15 is 0 Å². The van der Waals surface area contributed by atoms with E-state index in [2.05, 4.69) is 15.0 Å². The summed E-state index contributed by atoms with van der Waals surface area (Å²) in [5.74, 6) is -0.871. The molecule has 0 bridgehead atoms. The van der Waals surface area contributed by atoms with Crippen LogP contribution in [0.15, 0.2) is 118 Å². The molecule has 0 unspecified atom stereocenters. The third kappa shape index (κ3) is 7.13. The van der Waals surface area contributed by atoms with Gasteiger partial charge < -0.3 is 16.4 Å². The summed E-state index contributed by atoms with van der Waals surface area (Å²) in [6.07, 6.45) is 0. The maximum Gasteiger partial charge on any atom is 0.284 e. The van der Waals surface area contributed by atoms with Crippen LogP contribution in [0.1, 0.15) is 16.7 Å². The van der Waals surface area contributed by atoms with Gasteiger partial charge in [-0.2, -0.15) is 8.42 Å². The number of carbonyl (C=O) groups is 1. The van der Waals surface area contributed by atoms with Crippen LogP contribution in [0.5, 0.6) is 0 Å². The van der Waals surface area contributed by atoms with Crippen LogP contribution in [0.25, 0.3) is 5.70 Å². The number of carbonyl (C=O) groups excluding carboxylic acids is 1. The summed E-state index contributed by atoms with van der Waals surface area (Å²) in [5.41, 5.74) is 10.1. The minimum atomic E-state index is -4.28. The molecular weight excluding hydrogens is 532 g/mol. The molecule has 7 nitrogen and oxygen atoms in total. The molecule has 0 aliphatic heterocycles. The van der Waals surface area contributed by atoms with E-state index in [1.165, 1.54) is 24.3 Å². The van der Waals surface area contributed by atoms with Crippen LogP contribution in [0.3, 0.4) is 0 Å². The van der Waals surface area contributed by atoms with Gasteiger partial charge in [0, 0.05) is 16.4 Å². The average molecular weight is 559 g/mol. The van der Waals surface area contributed by atoms with Gasteiger partial charge in [-0.15, -0.1) is 4.40 Å². The third-order valence-corrected chi connectivity index (χ3v) is 7.31. The molecule has 0 spiro atoms. The Morgan fingerprint density at radius 3 is 1.87 bits per heavy atom. The number of anilines is 2. The third-order valence-electron chi connectivity index (χ3n) is 5.76. The second-order valence-corrected chi connectivity index (χ2v) is 10.9. The highest BCUT2D eigenvalue weighted by molar-refractivity contribution is 7.90. The first-order chi connectivity index (χ1) is 18.6. The van der Waals surface area contributed by atoms with Crippen molar-refractivity contribution in [2.45, 2.75) is 18.7 Å². The lowest BCUT2D eigenvalue weighted by atomic mass is 10.0. The quantitative estimate of drug-likeness (QED) is 0.143. The van der Waals surface area contributed by atoms with E-state index < -0.39 is 15.9 Å². The molecule has 4 aromatic carbocycles. The van der Waals surface area contributed by atoms with Crippen molar-refractivity contribution < 1.29 is 13.2 Å². The SMILES string of the molecule is Cc1ccc(NC(=O)C(=C(\N)c2ccc(C)cc2)/C(=N\S(=O)(=O)c2ccc(Cl)cc2)Nc2ccccc2)cc1. The van der Waals surface area contributed by atoms with E-state index in [1.54, 1.807) is 48.5 Å². The van der Waals surface area contributed by atoms with Gasteiger partial charge in [-0.05, 0) is 67.9 Å². The van der Waals surface area contributed by atoms with Crippen LogP contribution in [0, 0.1) is 13.8 Å². The molecule has 0 fully saturated rings. The van der Waals surface area contributed by atoms with Crippen molar-refractivity contribution in [1.29, 1.82) is 0 Å². The highest BCUT2D eigenvalue weighted by Gasteiger charge is 2.25. The van der Waals surface area contributed by atoms with E-state index in [-0.39, 0.29) is 22.0 Å². The van der Waals surface area contributed by atoms with E-state index in [4.69, 9.17) is 17.3 Å². The molecule has 0 heterocycles. The number of para-hydroxylation sites is 1. The summed E-state index contributed by atoms with van der Waals surface area (Å²) in [7, 11) is -4.28. The standard InChI is InChI=1S/C30H27ClN4O3S/c1-20-8-12-22(13-9-20)28(32)27(30(36)34-25-16-10-21(2)11-17-25)29(33-24-6-4-3-5-7-24)35-39(37,38)26-18-14-23(31)15-19-26/h3-19H,32H2,1-2H3,(H,33,35)(H,34,36)/b28-27-. The van der Waals surface area contributed by atoms with Crippen LogP contribution < -0.4 is 16.4 Å². The van der Waals surface area contributed by atoms with Gasteiger partial charge >= 0.3 is 0 Å². The van der Waals surface area contributed by atoms with Gasteiger partial charge in [0.1, 0.15) is 5.57 Å². The number of nitrogens with one attached hydrogen (secondary N) is 2. The van der Waals surface area contributed by atoms with Gasteiger partial charge in [0.15, 0.2) is 5.84 Å². The lowest BCUT2D eigenvalue weighted by molar-refractivity contribution is -0.112. The minimum absolute atomic E-state index is 0.0492. The van der Waals surface area contributed by atoms with Crippen molar-refractivity contribution in [1.82, 2.24) is 0 Å². The highest BCUT2D eigenvalue weighted by Crippen LogP contribution is 2.23. The fourth-order valence-corrected chi connectivity index (χ4v) is 4.72. The molecule has 4 rings (SSSR count). The fraction of sp³-hybridized carbons (Fsp3) is 0.0667. The van der Waals surface area contributed by atoms with E-state index in [9.17, 15) is 13.2 Å². The second kappa shape index (κ2) is 12.0. The van der Waals surface area contributed by atoms with E-state index in [0.717, 1.165) is 11.1 Å². The predicted molar refractivity (Wildman–Crippen MR) is 158 cm³/mol. The second-order valence-electron chi connectivity index (χ2n) is 8.83. The zero-order valence-corrected chi connectivity index (χ0v) is 22.9. The average Bonchev–Trinajstić information content (AvgIpc) is 2.91. The Morgan fingerprint density at radius 1 is 0.744 bits per heavy atom. The first kappa shape index (κ1) is 27.6. The molecule has 0 aliphatic carbocycles. The molecule has 198 valence electrons. The Bertz CT molecular complexity index is 1630. The fourth-order valence-electron chi connectivity index (χ4n) is 3.63. The molecule has 0 aromatic heterocycles. The van der Waals surface area contributed by atoms with Crippen LogP contribution in [0.2, 0.25) is 5.02 Å².